The smallest absolute Gasteiger partial charge is 0.0622 e. The van der Waals surface area contributed by atoms with E-state index in [4.69, 9.17) is 0 Å². The summed E-state index contributed by atoms with van der Waals surface area (Å²) in [5.74, 6) is 0. The summed E-state index contributed by atoms with van der Waals surface area (Å²) in [6.07, 6.45) is 0. The van der Waals surface area contributed by atoms with Crippen LogP contribution in [-0.2, 0) is 27.1 Å². The Kier molecular flexibility index (Phi) is 14.1. The van der Waals surface area contributed by atoms with E-state index in [1.54, 1.807) is 0 Å². The fourth-order valence-corrected chi connectivity index (χ4v) is 13.0. The lowest BCUT2D eigenvalue weighted by molar-refractivity contribution is 0.590. The van der Waals surface area contributed by atoms with Crippen molar-refractivity contribution in [2.24, 2.45) is 0 Å². The van der Waals surface area contributed by atoms with Gasteiger partial charge in [-0.2, -0.15) is 0 Å². The lowest BCUT2D eigenvalue weighted by atomic mass is 9.66. The first-order chi connectivity index (χ1) is 40.0. The summed E-state index contributed by atoms with van der Waals surface area (Å²) >= 11 is 0. The van der Waals surface area contributed by atoms with E-state index in [-0.39, 0.29) is 21.7 Å². The first-order valence-electron chi connectivity index (χ1n) is 30.3. The Morgan fingerprint density at radius 2 is 0.524 bits per heavy atom. The van der Waals surface area contributed by atoms with Gasteiger partial charge in [0.2, 0.25) is 0 Å². The molecule has 0 heteroatoms. The minimum absolute atomic E-state index is 0.0545. The molecule has 416 valence electrons. The fourth-order valence-electron chi connectivity index (χ4n) is 13.0. The van der Waals surface area contributed by atoms with Gasteiger partial charge >= 0.3 is 0 Å². The first kappa shape index (κ1) is 55.9. The molecule has 0 saturated carbocycles. The van der Waals surface area contributed by atoms with Crippen LogP contribution in [0.15, 0.2) is 249 Å². The van der Waals surface area contributed by atoms with Gasteiger partial charge in [-0.05, 0) is 216 Å². The second kappa shape index (κ2) is 21.2. The highest BCUT2D eigenvalue weighted by Gasteiger charge is 2.48. The quantitative estimate of drug-likeness (QED) is 0.135. The zero-order valence-corrected chi connectivity index (χ0v) is 51.7. The molecule has 0 unspecified atom stereocenters. The summed E-state index contributed by atoms with van der Waals surface area (Å²) in [7, 11) is 0. The zero-order valence-electron chi connectivity index (χ0n) is 51.7. The van der Waals surface area contributed by atoms with Crippen LogP contribution in [0.5, 0.6) is 0 Å². The molecule has 84 heavy (non-hydrogen) atoms. The van der Waals surface area contributed by atoms with Crippen LogP contribution in [0.4, 0.5) is 0 Å². The molecule has 1 aliphatic carbocycles. The normalized spacial score (nSPS) is 13.2. The van der Waals surface area contributed by atoms with Crippen molar-refractivity contribution in [3.8, 4) is 89.0 Å². The van der Waals surface area contributed by atoms with Crippen molar-refractivity contribution < 1.29 is 0 Å². The SMILES string of the molecule is Cc1cccc2c1-c1c(-c3ccccc3)cccc1C2(c1cccc(-c2cc(-c3ccc(C(C)(C)C)cc3)cc(-c3ccc(C(C)(C)C)cc3)c2)c1)c1cccc(-c2cc(-c3ccc(C(C)(C)C)cc3)cc(-c3ccc(C(C)(C)C)cc3)c2)c1. The minimum Gasteiger partial charge on any atom is -0.0622 e. The van der Waals surface area contributed by atoms with Gasteiger partial charge in [0, 0.05) is 0 Å². The van der Waals surface area contributed by atoms with Gasteiger partial charge in [-0.3, -0.25) is 0 Å². The molecule has 0 N–H and O–H groups in total. The topological polar surface area (TPSA) is 0 Å². The Balaban J connectivity index is 1.09. The lowest BCUT2D eigenvalue weighted by Gasteiger charge is -2.35. The van der Waals surface area contributed by atoms with Crippen molar-refractivity contribution in [1.29, 1.82) is 0 Å². The molecular formula is C84H80. The summed E-state index contributed by atoms with van der Waals surface area (Å²) < 4.78 is 0. The van der Waals surface area contributed by atoms with Crippen molar-refractivity contribution in [3.63, 3.8) is 0 Å². The molecule has 0 saturated heterocycles. The summed E-state index contributed by atoms with van der Waals surface area (Å²) in [5.41, 5.74) is 30.6. The van der Waals surface area contributed by atoms with Crippen molar-refractivity contribution in [1.82, 2.24) is 0 Å². The van der Waals surface area contributed by atoms with E-state index < -0.39 is 5.41 Å². The number of hydrogen-bond acceptors (Lipinski definition) is 0. The van der Waals surface area contributed by atoms with E-state index in [1.807, 2.05) is 0 Å². The molecule has 1 aliphatic rings. The monoisotopic (exact) mass is 1090 g/mol. The predicted octanol–water partition coefficient (Wildman–Crippen LogP) is 23.2. The van der Waals surface area contributed by atoms with E-state index >= 15 is 0 Å². The lowest BCUT2D eigenvalue weighted by Crippen LogP contribution is -2.28. The van der Waals surface area contributed by atoms with Crippen LogP contribution in [0.2, 0.25) is 0 Å². The van der Waals surface area contributed by atoms with E-state index in [1.165, 1.54) is 139 Å². The van der Waals surface area contributed by atoms with Crippen molar-refractivity contribution in [3.05, 3.63) is 299 Å². The summed E-state index contributed by atoms with van der Waals surface area (Å²) in [6.45, 7) is 29.8. The van der Waals surface area contributed by atoms with Gasteiger partial charge in [0.25, 0.3) is 0 Å². The Bertz CT molecular complexity index is 3860. The zero-order chi connectivity index (χ0) is 58.9. The third kappa shape index (κ3) is 10.5. The highest BCUT2D eigenvalue weighted by Crippen LogP contribution is 2.60. The van der Waals surface area contributed by atoms with Crippen LogP contribution in [0.3, 0.4) is 0 Å². The standard InChI is InChI=1S/C84H80/c1-55-21-17-29-76-78(55)79-75(60-22-15-14-16-23-60)28-20-30-77(79)84(76,73-26-18-24-61(53-73)67-49-63(56-31-39-69(40-32-56)80(2,3)4)47-64(50-67)57-33-41-70(42-34-57)81(5,6)7)74-27-19-25-62(54-74)68-51-65(58-35-43-71(44-36-58)82(8,9)10)48-66(52-68)59-37-45-72(46-38-59)83(11,12)13/h14-54H,1-13H3. The average molecular weight is 1090 g/mol. The highest BCUT2D eigenvalue weighted by molar-refractivity contribution is 5.97. The third-order valence-corrected chi connectivity index (χ3v) is 17.9. The number of fused-ring (bicyclic) bond motifs is 3. The maximum atomic E-state index is 2.51. The number of aryl methyl sites for hydroxylation is 1. The molecule has 0 spiro atoms. The second-order valence-corrected chi connectivity index (χ2v) is 27.9. The maximum absolute atomic E-state index is 2.51. The van der Waals surface area contributed by atoms with Crippen LogP contribution in [-0.4, -0.2) is 0 Å². The Labute approximate surface area is 502 Å². The van der Waals surface area contributed by atoms with Crippen molar-refractivity contribution >= 4 is 0 Å². The van der Waals surface area contributed by atoms with Crippen LogP contribution in [0.1, 0.15) is 133 Å². The molecule has 0 aromatic heterocycles. The van der Waals surface area contributed by atoms with Gasteiger partial charge < -0.3 is 0 Å². The molecule has 0 aliphatic heterocycles. The van der Waals surface area contributed by atoms with Gasteiger partial charge in [-0.25, -0.2) is 0 Å². The number of hydrogen-bond donors (Lipinski definition) is 0. The largest absolute Gasteiger partial charge is 0.0714 e. The van der Waals surface area contributed by atoms with E-state index in [0.29, 0.717) is 0 Å². The molecule has 0 amide bonds. The molecule has 12 rings (SSSR count). The second-order valence-electron chi connectivity index (χ2n) is 27.9. The predicted molar refractivity (Wildman–Crippen MR) is 361 cm³/mol. The Morgan fingerprint density at radius 3 is 0.869 bits per heavy atom. The van der Waals surface area contributed by atoms with Gasteiger partial charge in [0.1, 0.15) is 0 Å². The van der Waals surface area contributed by atoms with E-state index in [9.17, 15) is 0 Å². The average Bonchev–Trinajstić information content (AvgIpc) is 1.60. The molecule has 0 radical (unpaired) electrons. The molecule has 0 nitrogen and oxygen atoms in total. The molecule has 11 aromatic carbocycles. The maximum Gasteiger partial charge on any atom is 0.0714 e. The molecule has 0 heterocycles. The van der Waals surface area contributed by atoms with E-state index in [0.717, 1.165) is 0 Å². The Hall–Kier alpha value is -8.58. The molecule has 0 fully saturated rings. The van der Waals surface area contributed by atoms with Crippen LogP contribution < -0.4 is 0 Å². The van der Waals surface area contributed by atoms with Gasteiger partial charge in [-0.15, -0.1) is 0 Å². The summed E-state index contributed by atoms with van der Waals surface area (Å²) in [4.78, 5) is 0. The third-order valence-electron chi connectivity index (χ3n) is 17.9. The van der Waals surface area contributed by atoms with Gasteiger partial charge in [0.05, 0.1) is 5.41 Å². The number of rotatable bonds is 9. The molecule has 0 bridgehead atoms. The Morgan fingerprint density at radius 1 is 0.226 bits per heavy atom. The van der Waals surface area contributed by atoms with Crippen molar-refractivity contribution in [2.75, 3.05) is 0 Å². The van der Waals surface area contributed by atoms with Gasteiger partial charge in [-0.1, -0.05) is 283 Å². The minimum atomic E-state index is -0.703. The number of benzene rings is 11. The molecular weight excluding hydrogens is 1010 g/mol. The summed E-state index contributed by atoms with van der Waals surface area (Å²) in [6, 6.07) is 95.5. The highest BCUT2D eigenvalue weighted by atomic mass is 14.5. The summed E-state index contributed by atoms with van der Waals surface area (Å²) in [5, 5.41) is 0. The van der Waals surface area contributed by atoms with E-state index in [2.05, 4.69) is 339 Å². The van der Waals surface area contributed by atoms with Crippen molar-refractivity contribution in [2.45, 2.75) is 117 Å². The molecule has 11 aromatic rings. The van der Waals surface area contributed by atoms with Crippen LogP contribution in [0.25, 0.3) is 89.0 Å². The van der Waals surface area contributed by atoms with Crippen LogP contribution in [0, 0.1) is 6.92 Å². The molecule has 0 atom stereocenters. The van der Waals surface area contributed by atoms with Crippen LogP contribution >= 0.6 is 0 Å². The fraction of sp³-hybridized carbons (Fsp3) is 0.214. The van der Waals surface area contributed by atoms with Gasteiger partial charge in [0.15, 0.2) is 0 Å². The first-order valence-corrected chi connectivity index (χ1v) is 30.3.